The van der Waals surface area contributed by atoms with Gasteiger partial charge in [-0.05, 0) is 93.2 Å². The fourth-order valence-corrected chi connectivity index (χ4v) is 6.85. The van der Waals surface area contributed by atoms with E-state index in [1.165, 1.54) is 43.8 Å². The monoisotopic (exact) mass is 411 g/mol. The Morgan fingerprint density at radius 2 is 1.13 bits per heavy atom. The summed E-state index contributed by atoms with van der Waals surface area (Å²) in [6.45, 7) is 15.2. The normalized spacial score (nSPS) is 11.9. The van der Waals surface area contributed by atoms with Crippen molar-refractivity contribution in [2.45, 2.75) is 54.6 Å². The minimum atomic E-state index is -1.46. The first-order valence-corrected chi connectivity index (χ1v) is 11.9. The second kappa shape index (κ2) is 9.47. The van der Waals surface area contributed by atoms with Crippen molar-refractivity contribution in [2.75, 3.05) is 0 Å². The summed E-state index contributed by atoms with van der Waals surface area (Å²) in [5, 5.41) is 2.71. The second-order valence-corrected chi connectivity index (χ2v) is 10.2. The fourth-order valence-electron chi connectivity index (χ4n) is 4.23. The van der Waals surface area contributed by atoms with Gasteiger partial charge in [0.1, 0.15) is 6.10 Å². The Bertz CT molecular complexity index is 999. The maximum atomic E-state index is 6.78. The zero-order chi connectivity index (χ0) is 21.8. The lowest BCUT2D eigenvalue weighted by atomic mass is 10.1. The van der Waals surface area contributed by atoms with Gasteiger partial charge < -0.3 is 4.43 Å². The average Bonchev–Trinajstić information content (AvgIpc) is 2.65. The summed E-state index contributed by atoms with van der Waals surface area (Å²) in [6, 6.07) is 19.2. The molecule has 1 radical (unpaired) electrons. The van der Waals surface area contributed by atoms with Gasteiger partial charge in [-0.1, -0.05) is 65.4 Å². The van der Waals surface area contributed by atoms with Crippen molar-refractivity contribution in [3.63, 3.8) is 0 Å². The van der Waals surface area contributed by atoms with E-state index in [1.807, 2.05) is 30.3 Å². The lowest BCUT2D eigenvalue weighted by Gasteiger charge is -2.25. The van der Waals surface area contributed by atoms with Gasteiger partial charge in [0.15, 0.2) is 0 Å². The van der Waals surface area contributed by atoms with Gasteiger partial charge in [0.05, 0.1) is 0 Å². The van der Waals surface area contributed by atoms with E-state index in [0.29, 0.717) is 0 Å². The molecule has 0 aromatic heterocycles. The molecule has 0 aliphatic rings. The van der Waals surface area contributed by atoms with Crippen LogP contribution in [0.15, 0.2) is 54.6 Å². The molecular weight excluding hydrogens is 380 g/mol. The first-order valence-electron chi connectivity index (χ1n) is 10.5. The van der Waals surface area contributed by atoms with Gasteiger partial charge in [0.2, 0.25) is 0 Å². The largest absolute Gasteiger partial charge is 0.394 e. The average molecular weight is 412 g/mol. The molecule has 0 aliphatic carbocycles. The predicted molar refractivity (Wildman–Crippen MR) is 130 cm³/mol. The number of hydrogen-bond donors (Lipinski definition) is 0. The van der Waals surface area contributed by atoms with Crippen molar-refractivity contribution in [3.8, 4) is 11.8 Å². The second-order valence-electron chi connectivity index (χ2n) is 8.27. The first-order chi connectivity index (χ1) is 14.3. The van der Waals surface area contributed by atoms with Gasteiger partial charge in [-0.25, -0.2) is 0 Å². The number of benzene rings is 3. The highest BCUT2D eigenvalue weighted by molar-refractivity contribution is 6.81. The summed E-state index contributed by atoms with van der Waals surface area (Å²) in [5.41, 5.74) is 8.85. The van der Waals surface area contributed by atoms with E-state index in [2.05, 4.69) is 84.6 Å². The smallest absolute Gasteiger partial charge is 0.285 e. The third-order valence-corrected chi connectivity index (χ3v) is 8.37. The Labute approximate surface area is 183 Å². The summed E-state index contributed by atoms with van der Waals surface area (Å²) in [6.07, 6.45) is -0.153. The highest BCUT2D eigenvalue weighted by atomic mass is 28.3. The fraction of sp³-hybridized carbons (Fsp3) is 0.286. The number of aryl methyl sites for hydroxylation is 6. The van der Waals surface area contributed by atoms with Crippen LogP contribution in [-0.4, -0.2) is 15.1 Å². The highest BCUT2D eigenvalue weighted by Gasteiger charge is 2.28. The molecule has 2 heteroatoms. The van der Waals surface area contributed by atoms with Crippen LogP contribution in [0.1, 0.15) is 45.9 Å². The van der Waals surface area contributed by atoms with Crippen molar-refractivity contribution >= 4 is 19.4 Å². The first kappa shape index (κ1) is 22.1. The van der Waals surface area contributed by atoms with E-state index < -0.39 is 9.04 Å². The molecule has 0 saturated carbocycles. The summed E-state index contributed by atoms with van der Waals surface area (Å²) >= 11 is 0. The Balaban J connectivity index is 2.07. The summed E-state index contributed by atoms with van der Waals surface area (Å²) < 4.78 is 6.78. The molecular formula is C28H31OSi. The molecule has 3 aromatic carbocycles. The van der Waals surface area contributed by atoms with Crippen LogP contribution in [0.2, 0.25) is 0 Å². The minimum absolute atomic E-state index is 0.153. The molecule has 0 heterocycles. The summed E-state index contributed by atoms with van der Waals surface area (Å²) in [4.78, 5) is 0. The minimum Gasteiger partial charge on any atom is -0.394 e. The molecule has 0 amide bonds. The Morgan fingerprint density at radius 3 is 1.57 bits per heavy atom. The molecule has 153 valence electrons. The van der Waals surface area contributed by atoms with Gasteiger partial charge in [-0.2, -0.15) is 0 Å². The standard InChI is InChI=1S/C28H31OSi/c1-19-15-21(3)27(22(4)16-19)30(28-23(5)17-20(2)18-24(28)6)29-25(7)13-14-26-11-9-8-10-12-26/h8-12,15-18,25H,1-7H3. The number of hydrogen-bond acceptors (Lipinski definition) is 1. The van der Waals surface area contributed by atoms with E-state index in [4.69, 9.17) is 4.43 Å². The summed E-state index contributed by atoms with van der Waals surface area (Å²) in [5.74, 6) is 6.59. The van der Waals surface area contributed by atoms with Crippen LogP contribution in [0.3, 0.4) is 0 Å². The quantitative estimate of drug-likeness (QED) is 0.429. The van der Waals surface area contributed by atoms with Crippen molar-refractivity contribution in [1.29, 1.82) is 0 Å². The molecule has 1 nitrogen and oxygen atoms in total. The molecule has 0 aliphatic heterocycles. The molecule has 3 rings (SSSR count). The van der Waals surface area contributed by atoms with Gasteiger partial charge in [-0.3, -0.25) is 0 Å². The SMILES string of the molecule is Cc1cc(C)c([Si](OC(C)C#Cc2ccccc2)c2c(C)cc(C)cc2C)c(C)c1. The predicted octanol–water partition coefficient (Wildman–Crippen LogP) is 5.10. The van der Waals surface area contributed by atoms with Crippen LogP contribution in [0.25, 0.3) is 0 Å². The Hall–Kier alpha value is -2.60. The van der Waals surface area contributed by atoms with Crippen molar-refractivity contribution in [3.05, 3.63) is 93.5 Å². The molecule has 0 spiro atoms. The van der Waals surface area contributed by atoms with Crippen LogP contribution in [0.4, 0.5) is 0 Å². The van der Waals surface area contributed by atoms with Crippen molar-refractivity contribution in [1.82, 2.24) is 0 Å². The lowest BCUT2D eigenvalue weighted by molar-refractivity contribution is 0.292. The molecule has 1 unspecified atom stereocenters. The molecule has 0 saturated heterocycles. The van der Waals surface area contributed by atoms with Crippen LogP contribution in [-0.2, 0) is 4.43 Å². The van der Waals surface area contributed by atoms with Crippen LogP contribution in [0, 0.1) is 53.4 Å². The van der Waals surface area contributed by atoms with E-state index >= 15 is 0 Å². The molecule has 30 heavy (non-hydrogen) atoms. The molecule has 3 aromatic rings. The van der Waals surface area contributed by atoms with Gasteiger partial charge in [0, 0.05) is 5.56 Å². The van der Waals surface area contributed by atoms with Crippen molar-refractivity contribution in [2.24, 2.45) is 0 Å². The molecule has 0 fully saturated rings. The van der Waals surface area contributed by atoms with E-state index in [9.17, 15) is 0 Å². The van der Waals surface area contributed by atoms with Gasteiger partial charge >= 0.3 is 0 Å². The highest BCUT2D eigenvalue weighted by Crippen LogP contribution is 2.14. The van der Waals surface area contributed by atoms with Crippen molar-refractivity contribution < 1.29 is 4.43 Å². The van der Waals surface area contributed by atoms with Crippen LogP contribution >= 0.6 is 0 Å². The molecule has 1 atom stereocenters. The molecule has 0 bridgehead atoms. The Morgan fingerprint density at radius 1 is 0.700 bits per heavy atom. The maximum Gasteiger partial charge on any atom is 0.285 e. The van der Waals surface area contributed by atoms with Crippen LogP contribution in [0.5, 0.6) is 0 Å². The number of rotatable bonds is 4. The van der Waals surface area contributed by atoms with Gasteiger partial charge in [-0.15, -0.1) is 0 Å². The van der Waals surface area contributed by atoms with Gasteiger partial charge in [0.25, 0.3) is 9.04 Å². The maximum absolute atomic E-state index is 6.78. The third kappa shape index (κ3) is 5.11. The third-order valence-electron chi connectivity index (χ3n) is 5.30. The van der Waals surface area contributed by atoms with E-state index in [-0.39, 0.29) is 6.10 Å². The Kier molecular flexibility index (Phi) is 6.97. The topological polar surface area (TPSA) is 9.23 Å². The van der Waals surface area contributed by atoms with E-state index in [1.54, 1.807) is 0 Å². The van der Waals surface area contributed by atoms with Crippen LogP contribution < -0.4 is 10.4 Å². The van der Waals surface area contributed by atoms with E-state index in [0.717, 1.165) is 5.56 Å². The summed E-state index contributed by atoms with van der Waals surface area (Å²) in [7, 11) is -1.46. The molecule has 0 N–H and O–H groups in total. The zero-order valence-corrected chi connectivity index (χ0v) is 20.2. The lowest BCUT2D eigenvalue weighted by Crippen LogP contribution is -2.51. The zero-order valence-electron chi connectivity index (χ0n) is 19.2.